The summed E-state index contributed by atoms with van der Waals surface area (Å²) in [4.78, 5) is 29.1. The quantitative estimate of drug-likeness (QED) is 0.725. The van der Waals surface area contributed by atoms with Gasteiger partial charge in [0.25, 0.3) is 11.5 Å². The van der Waals surface area contributed by atoms with Crippen LogP contribution >= 0.6 is 0 Å². The third kappa shape index (κ3) is 2.14. The van der Waals surface area contributed by atoms with E-state index in [1.807, 2.05) is 0 Å². The Morgan fingerprint density at radius 2 is 1.83 bits per heavy atom. The van der Waals surface area contributed by atoms with E-state index >= 15 is 0 Å². The number of aromatic nitrogens is 2. The van der Waals surface area contributed by atoms with Gasteiger partial charge in [-0.1, -0.05) is 24.3 Å². The molecular formula is C17H12N4O3. The van der Waals surface area contributed by atoms with Gasteiger partial charge in [0.15, 0.2) is 0 Å². The topological polar surface area (TPSA) is 87.8 Å². The van der Waals surface area contributed by atoms with Crippen LogP contribution in [0.3, 0.4) is 0 Å². The fourth-order valence-corrected chi connectivity index (χ4v) is 2.61. The first kappa shape index (κ1) is 14.1. The van der Waals surface area contributed by atoms with E-state index in [0.29, 0.717) is 16.5 Å². The standard InChI is InChI=1S/C17H12N4O3/c22-14-8-4-1-5-11(14)9-18-21-15(23)10-20-16(24)12-6-2-3-7-13(12)19-17(20)21/h1-9,22H,10H2/b18-9+. The molecule has 0 bridgehead atoms. The highest BCUT2D eigenvalue weighted by Crippen LogP contribution is 2.21. The van der Waals surface area contributed by atoms with Gasteiger partial charge >= 0.3 is 0 Å². The molecule has 0 saturated carbocycles. The van der Waals surface area contributed by atoms with Gasteiger partial charge in [0.05, 0.1) is 17.1 Å². The van der Waals surface area contributed by atoms with Crippen molar-refractivity contribution in [1.29, 1.82) is 0 Å². The first-order valence-electron chi connectivity index (χ1n) is 7.29. The molecule has 1 aromatic heterocycles. The number of benzene rings is 2. The summed E-state index contributed by atoms with van der Waals surface area (Å²) in [5.41, 5.74) is 0.697. The number of hydrogen-bond acceptors (Lipinski definition) is 5. The van der Waals surface area contributed by atoms with Gasteiger partial charge in [-0.25, -0.2) is 4.98 Å². The molecule has 4 rings (SSSR count). The van der Waals surface area contributed by atoms with E-state index in [-0.39, 0.29) is 29.7 Å². The number of hydrogen-bond donors (Lipinski definition) is 1. The number of amides is 1. The molecule has 24 heavy (non-hydrogen) atoms. The Balaban J connectivity index is 1.82. The highest BCUT2D eigenvalue weighted by atomic mass is 16.3. The van der Waals surface area contributed by atoms with Crippen LogP contribution in [0.2, 0.25) is 0 Å². The molecule has 2 aromatic carbocycles. The number of rotatable bonds is 2. The third-order valence-corrected chi connectivity index (χ3v) is 3.81. The van der Waals surface area contributed by atoms with E-state index < -0.39 is 0 Å². The van der Waals surface area contributed by atoms with E-state index in [0.717, 1.165) is 5.01 Å². The van der Waals surface area contributed by atoms with Crippen molar-refractivity contribution in [1.82, 2.24) is 9.55 Å². The Labute approximate surface area is 136 Å². The van der Waals surface area contributed by atoms with Crippen molar-refractivity contribution >= 4 is 29.0 Å². The maximum absolute atomic E-state index is 12.5. The molecule has 2 heterocycles. The number of para-hydroxylation sites is 2. The second-order valence-corrected chi connectivity index (χ2v) is 5.33. The van der Waals surface area contributed by atoms with Gasteiger partial charge in [0, 0.05) is 5.56 Å². The van der Waals surface area contributed by atoms with E-state index in [2.05, 4.69) is 10.1 Å². The van der Waals surface area contributed by atoms with Gasteiger partial charge in [-0.3, -0.25) is 14.2 Å². The van der Waals surface area contributed by atoms with Crippen LogP contribution in [-0.2, 0) is 11.3 Å². The Kier molecular flexibility index (Phi) is 3.13. The third-order valence-electron chi connectivity index (χ3n) is 3.81. The lowest BCUT2D eigenvalue weighted by atomic mass is 10.2. The summed E-state index contributed by atoms with van der Waals surface area (Å²) >= 11 is 0. The molecule has 7 nitrogen and oxygen atoms in total. The van der Waals surface area contributed by atoms with Crippen molar-refractivity contribution in [2.24, 2.45) is 5.10 Å². The van der Waals surface area contributed by atoms with Crippen LogP contribution in [0.1, 0.15) is 5.56 Å². The van der Waals surface area contributed by atoms with Gasteiger partial charge < -0.3 is 5.11 Å². The minimum Gasteiger partial charge on any atom is -0.507 e. The average molecular weight is 320 g/mol. The highest BCUT2D eigenvalue weighted by Gasteiger charge is 2.30. The normalized spacial score (nSPS) is 13.8. The largest absolute Gasteiger partial charge is 0.507 e. The summed E-state index contributed by atoms with van der Waals surface area (Å²) in [5.74, 6) is -0.131. The van der Waals surface area contributed by atoms with Gasteiger partial charge in [-0.2, -0.15) is 10.1 Å². The van der Waals surface area contributed by atoms with Crippen LogP contribution in [0.4, 0.5) is 5.95 Å². The van der Waals surface area contributed by atoms with Crippen molar-refractivity contribution in [3.05, 3.63) is 64.4 Å². The molecule has 1 amide bonds. The van der Waals surface area contributed by atoms with Crippen LogP contribution in [0.5, 0.6) is 5.75 Å². The summed E-state index contributed by atoms with van der Waals surface area (Å²) in [6.45, 7) is -0.107. The molecule has 1 N–H and O–H groups in total. The lowest BCUT2D eigenvalue weighted by Crippen LogP contribution is -2.21. The van der Waals surface area contributed by atoms with Gasteiger partial charge in [0.2, 0.25) is 5.95 Å². The van der Waals surface area contributed by atoms with Crippen molar-refractivity contribution < 1.29 is 9.90 Å². The Morgan fingerprint density at radius 3 is 2.67 bits per heavy atom. The van der Waals surface area contributed by atoms with E-state index in [1.165, 1.54) is 16.8 Å². The van der Waals surface area contributed by atoms with Crippen molar-refractivity contribution in [3.63, 3.8) is 0 Å². The predicted molar refractivity (Wildman–Crippen MR) is 89.2 cm³/mol. The van der Waals surface area contributed by atoms with Crippen LogP contribution in [-0.4, -0.2) is 26.8 Å². The predicted octanol–water partition coefficient (Wildman–Crippen LogP) is 1.48. The smallest absolute Gasteiger partial charge is 0.270 e. The molecule has 0 radical (unpaired) electrons. The lowest BCUT2D eigenvalue weighted by Gasteiger charge is -2.09. The number of aromatic hydroxyl groups is 1. The fraction of sp³-hybridized carbons (Fsp3) is 0.0588. The number of phenols is 1. The average Bonchev–Trinajstić information content (AvgIpc) is 2.90. The number of nitrogens with zero attached hydrogens (tertiary/aromatic N) is 4. The van der Waals surface area contributed by atoms with Gasteiger partial charge in [-0.05, 0) is 24.3 Å². The molecule has 1 aliphatic rings. The molecule has 1 aliphatic heterocycles. The molecule has 0 unspecified atom stereocenters. The Hall–Kier alpha value is -3.48. The molecule has 0 aliphatic carbocycles. The minimum atomic E-state index is -0.360. The fourth-order valence-electron chi connectivity index (χ4n) is 2.61. The molecule has 0 atom stereocenters. The summed E-state index contributed by atoms with van der Waals surface area (Å²) in [7, 11) is 0. The number of phenolic OH excluding ortho intramolecular Hbond substituents is 1. The summed E-state index contributed by atoms with van der Waals surface area (Å²) in [6.07, 6.45) is 1.37. The molecule has 0 spiro atoms. The highest BCUT2D eigenvalue weighted by molar-refractivity contribution is 5.98. The van der Waals surface area contributed by atoms with E-state index in [4.69, 9.17) is 0 Å². The van der Waals surface area contributed by atoms with Crippen molar-refractivity contribution in [3.8, 4) is 5.75 Å². The molecule has 0 fully saturated rings. The second-order valence-electron chi connectivity index (χ2n) is 5.33. The number of carbonyl (C=O) groups is 1. The number of fused-ring (bicyclic) bond motifs is 2. The first-order valence-corrected chi connectivity index (χ1v) is 7.29. The minimum absolute atomic E-state index is 0.0526. The van der Waals surface area contributed by atoms with Gasteiger partial charge in [-0.15, -0.1) is 0 Å². The van der Waals surface area contributed by atoms with Crippen molar-refractivity contribution in [2.75, 3.05) is 5.01 Å². The van der Waals surface area contributed by atoms with Crippen molar-refractivity contribution in [2.45, 2.75) is 6.54 Å². The molecule has 3 aromatic rings. The molecule has 0 saturated heterocycles. The van der Waals surface area contributed by atoms with E-state index in [1.54, 1.807) is 42.5 Å². The summed E-state index contributed by atoms with van der Waals surface area (Å²) < 4.78 is 1.30. The maximum atomic E-state index is 12.5. The zero-order valence-electron chi connectivity index (χ0n) is 12.5. The zero-order valence-corrected chi connectivity index (χ0v) is 12.5. The summed E-state index contributed by atoms with van der Waals surface area (Å²) in [6, 6.07) is 13.5. The van der Waals surface area contributed by atoms with Gasteiger partial charge in [0.1, 0.15) is 12.3 Å². The van der Waals surface area contributed by atoms with Crippen LogP contribution < -0.4 is 10.6 Å². The number of anilines is 1. The van der Waals surface area contributed by atoms with Crippen LogP contribution in [0.25, 0.3) is 10.9 Å². The SMILES string of the molecule is O=C1Cn2c(nc3ccccc3c2=O)N1/N=C/c1ccccc1O. The Morgan fingerprint density at radius 1 is 1.08 bits per heavy atom. The lowest BCUT2D eigenvalue weighted by molar-refractivity contribution is -0.118. The Bertz CT molecular complexity index is 1060. The van der Waals surface area contributed by atoms with Crippen LogP contribution in [0, 0.1) is 0 Å². The first-order chi connectivity index (χ1) is 11.6. The van der Waals surface area contributed by atoms with Crippen LogP contribution in [0.15, 0.2) is 58.4 Å². The number of carbonyl (C=O) groups excluding carboxylic acids is 1. The summed E-state index contributed by atoms with van der Waals surface area (Å²) in [5, 5.41) is 15.4. The maximum Gasteiger partial charge on any atom is 0.270 e. The number of hydrazone groups is 1. The zero-order chi connectivity index (χ0) is 16.7. The molecule has 118 valence electrons. The molecular weight excluding hydrogens is 308 g/mol. The second kappa shape index (κ2) is 5.31. The monoisotopic (exact) mass is 320 g/mol. The van der Waals surface area contributed by atoms with E-state index in [9.17, 15) is 14.7 Å². The molecule has 7 heteroatoms.